The average Bonchev–Trinajstić information content (AvgIpc) is 3.04. The van der Waals surface area contributed by atoms with Crippen LogP contribution in [0.3, 0.4) is 0 Å². The fraction of sp³-hybridized carbons (Fsp3) is 1.00. The van der Waals surface area contributed by atoms with Gasteiger partial charge in [0.1, 0.15) is 0 Å². The Kier molecular flexibility index (Phi) is 5.98. The maximum atomic E-state index is 11.7. The third-order valence-corrected chi connectivity index (χ3v) is 11.1. The van der Waals surface area contributed by atoms with Crippen LogP contribution < -0.4 is 0 Å². The molecular weight excluding hydrogens is 340 g/mol. The van der Waals surface area contributed by atoms with E-state index >= 15 is 0 Å². The quantitative estimate of drug-likeness (QED) is 0.518. The second-order valence-corrected chi connectivity index (χ2v) is 12.1. The molecule has 10 unspecified atom stereocenters. The lowest BCUT2D eigenvalue weighted by atomic mass is 9.41. The molecule has 28 heavy (non-hydrogen) atoms. The monoisotopic (exact) mass is 388 g/mol. The molecule has 1 heteroatoms. The number of hydrogen-bond acceptors (Lipinski definition) is 1. The van der Waals surface area contributed by atoms with Crippen molar-refractivity contribution in [2.75, 3.05) is 0 Å². The van der Waals surface area contributed by atoms with E-state index in [-0.39, 0.29) is 6.10 Å². The Morgan fingerprint density at radius 1 is 0.893 bits per heavy atom. The molecule has 0 spiro atoms. The Bertz CT molecular complexity index is 542. The first kappa shape index (κ1) is 21.2. The summed E-state index contributed by atoms with van der Waals surface area (Å²) in [5, 5.41) is 11.7. The number of aliphatic hydroxyl groups is 1. The van der Waals surface area contributed by atoms with Crippen LogP contribution in [-0.4, -0.2) is 11.2 Å². The van der Waals surface area contributed by atoms with Crippen molar-refractivity contribution in [1.82, 2.24) is 0 Å². The number of hydrogen-bond donors (Lipinski definition) is 1. The fourth-order valence-electron chi connectivity index (χ4n) is 9.74. The van der Waals surface area contributed by atoms with Gasteiger partial charge < -0.3 is 5.11 Å². The highest BCUT2D eigenvalue weighted by Gasteiger charge is 2.64. The van der Waals surface area contributed by atoms with Gasteiger partial charge >= 0.3 is 0 Å². The van der Waals surface area contributed by atoms with E-state index in [4.69, 9.17) is 0 Å². The summed E-state index contributed by atoms with van der Waals surface area (Å²) >= 11 is 0. The molecule has 4 fully saturated rings. The first-order valence-electron chi connectivity index (χ1n) is 13.1. The summed E-state index contributed by atoms with van der Waals surface area (Å²) < 4.78 is 0. The number of rotatable bonds is 5. The maximum Gasteiger partial charge on any atom is 0.0605 e. The van der Waals surface area contributed by atoms with Gasteiger partial charge in [-0.2, -0.15) is 0 Å². The third-order valence-electron chi connectivity index (χ3n) is 11.1. The highest BCUT2D eigenvalue weighted by atomic mass is 16.3. The first-order valence-corrected chi connectivity index (χ1v) is 13.1. The standard InChI is InChI=1S/C27H48O/c1-6-8-11-18(3)20-13-14-22-24-23(15-17-27(20,22)5)26(4)16-10-9-12-21(26)19(7-2)25(24)28/h18-25,28H,6-17H2,1-5H3. The highest BCUT2D eigenvalue weighted by molar-refractivity contribution is 5.13. The van der Waals surface area contributed by atoms with Crippen molar-refractivity contribution in [3.05, 3.63) is 0 Å². The Morgan fingerprint density at radius 3 is 2.36 bits per heavy atom. The highest BCUT2D eigenvalue weighted by Crippen LogP contribution is 2.69. The van der Waals surface area contributed by atoms with Crippen molar-refractivity contribution in [3.63, 3.8) is 0 Å². The van der Waals surface area contributed by atoms with Crippen LogP contribution in [0.5, 0.6) is 0 Å². The summed E-state index contributed by atoms with van der Waals surface area (Å²) in [6, 6.07) is 0. The Labute approximate surface area is 175 Å². The molecule has 1 N–H and O–H groups in total. The summed E-state index contributed by atoms with van der Waals surface area (Å²) in [5.41, 5.74) is 1.00. The smallest absolute Gasteiger partial charge is 0.0605 e. The Balaban J connectivity index is 1.63. The van der Waals surface area contributed by atoms with Gasteiger partial charge in [-0.25, -0.2) is 0 Å². The molecule has 1 nitrogen and oxygen atoms in total. The van der Waals surface area contributed by atoms with E-state index in [1.807, 2.05) is 0 Å². The maximum absolute atomic E-state index is 11.7. The lowest BCUT2D eigenvalue weighted by Crippen LogP contribution is -2.61. The Hall–Kier alpha value is -0.0400. The molecule has 4 saturated carbocycles. The summed E-state index contributed by atoms with van der Waals surface area (Å²) in [5.74, 6) is 5.27. The van der Waals surface area contributed by atoms with Gasteiger partial charge in [-0.05, 0) is 90.8 Å². The normalized spacial score (nSPS) is 51.9. The lowest BCUT2D eigenvalue weighted by Gasteiger charge is -2.64. The van der Waals surface area contributed by atoms with Crippen LogP contribution in [0.25, 0.3) is 0 Å². The predicted octanol–water partition coefficient (Wildman–Crippen LogP) is 7.47. The topological polar surface area (TPSA) is 20.2 Å². The van der Waals surface area contributed by atoms with Crippen molar-refractivity contribution >= 4 is 0 Å². The van der Waals surface area contributed by atoms with E-state index < -0.39 is 0 Å². The minimum absolute atomic E-state index is 0.0273. The van der Waals surface area contributed by atoms with Crippen molar-refractivity contribution in [2.24, 2.45) is 52.3 Å². The molecule has 0 aromatic rings. The van der Waals surface area contributed by atoms with E-state index in [2.05, 4.69) is 34.6 Å². The molecular formula is C27H48O. The van der Waals surface area contributed by atoms with Crippen molar-refractivity contribution in [3.8, 4) is 0 Å². The summed E-state index contributed by atoms with van der Waals surface area (Å²) in [4.78, 5) is 0. The van der Waals surface area contributed by atoms with Crippen LogP contribution in [-0.2, 0) is 0 Å². The summed E-state index contributed by atoms with van der Waals surface area (Å²) in [6.07, 6.45) is 16.6. The zero-order valence-electron chi connectivity index (χ0n) is 19.6. The SMILES string of the molecule is CCCCC(C)C1CCC2C3C(O)C(CC)C4CCCCC4(C)C3CCC12C. The van der Waals surface area contributed by atoms with Crippen LogP contribution in [0.4, 0.5) is 0 Å². The minimum atomic E-state index is -0.0273. The van der Waals surface area contributed by atoms with E-state index in [1.54, 1.807) is 0 Å². The second-order valence-electron chi connectivity index (χ2n) is 12.1. The van der Waals surface area contributed by atoms with E-state index in [0.717, 1.165) is 29.6 Å². The first-order chi connectivity index (χ1) is 13.4. The molecule has 0 bridgehead atoms. The molecule has 10 atom stereocenters. The minimum Gasteiger partial charge on any atom is -0.393 e. The van der Waals surface area contributed by atoms with Gasteiger partial charge in [0.15, 0.2) is 0 Å². The predicted molar refractivity (Wildman–Crippen MR) is 119 cm³/mol. The molecule has 0 aromatic heterocycles. The molecule has 162 valence electrons. The lowest BCUT2D eigenvalue weighted by molar-refractivity contribution is -0.194. The Morgan fingerprint density at radius 2 is 1.64 bits per heavy atom. The molecule has 0 radical (unpaired) electrons. The van der Waals surface area contributed by atoms with E-state index in [9.17, 15) is 5.11 Å². The van der Waals surface area contributed by atoms with Crippen LogP contribution >= 0.6 is 0 Å². The molecule has 4 aliphatic carbocycles. The van der Waals surface area contributed by atoms with Crippen LogP contribution in [0, 0.1) is 52.3 Å². The molecule has 0 heterocycles. The van der Waals surface area contributed by atoms with Gasteiger partial charge in [0.25, 0.3) is 0 Å². The van der Waals surface area contributed by atoms with Gasteiger partial charge in [0, 0.05) is 0 Å². The van der Waals surface area contributed by atoms with Crippen molar-refractivity contribution in [1.29, 1.82) is 0 Å². The van der Waals surface area contributed by atoms with Gasteiger partial charge in [0.2, 0.25) is 0 Å². The van der Waals surface area contributed by atoms with Gasteiger partial charge in [0.05, 0.1) is 6.10 Å². The zero-order valence-corrected chi connectivity index (χ0v) is 19.6. The van der Waals surface area contributed by atoms with Crippen LogP contribution in [0.1, 0.15) is 112 Å². The number of unbranched alkanes of at least 4 members (excludes halogenated alkanes) is 1. The van der Waals surface area contributed by atoms with Crippen molar-refractivity contribution in [2.45, 2.75) is 118 Å². The fourth-order valence-corrected chi connectivity index (χ4v) is 9.74. The largest absolute Gasteiger partial charge is 0.393 e. The third kappa shape index (κ3) is 3.04. The average molecular weight is 389 g/mol. The molecule has 4 aliphatic rings. The number of aliphatic hydroxyl groups excluding tert-OH is 1. The summed E-state index contributed by atoms with van der Waals surface area (Å²) in [6.45, 7) is 12.5. The summed E-state index contributed by atoms with van der Waals surface area (Å²) in [7, 11) is 0. The second kappa shape index (κ2) is 7.90. The molecule has 0 saturated heterocycles. The van der Waals surface area contributed by atoms with E-state index in [0.29, 0.717) is 22.7 Å². The van der Waals surface area contributed by atoms with Gasteiger partial charge in [-0.3, -0.25) is 0 Å². The number of fused-ring (bicyclic) bond motifs is 5. The molecule has 4 rings (SSSR count). The zero-order chi connectivity index (χ0) is 20.1. The van der Waals surface area contributed by atoms with Gasteiger partial charge in [-0.1, -0.05) is 73.1 Å². The molecule has 0 amide bonds. The van der Waals surface area contributed by atoms with E-state index in [1.165, 1.54) is 77.0 Å². The molecule has 0 aromatic carbocycles. The van der Waals surface area contributed by atoms with Crippen molar-refractivity contribution < 1.29 is 5.11 Å². The van der Waals surface area contributed by atoms with Crippen LogP contribution in [0.15, 0.2) is 0 Å². The van der Waals surface area contributed by atoms with Crippen LogP contribution in [0.2, 0.25) is 0 Å². The molecule has 0 aliphatic heterocycles. The van der Waals surface area contributed by atoms with Gasteiger partial charge in [-0.15, -0.1) is 0 Å².